The van der Waals surface area contributed by atoms with Crippen LogP contribution in [0.5, 0.6) is 0 Å². The van der Waals surface area contributed by atoms with Crippen LogP contribution >= 0.6 is 0 Å². The summed E-state index contributed by atoms with van der Waals surface area (Å²) in [5, 5.41) is 10.3. The summed E-state index contributed by atoms with van der Waals surface area (Å²) >= 11 is 0. The Hall–Kier alpha value is -1.60. The summed E-state index contributed by atoms with van der Waals surface area (Å²) in [6.07, 6.45) is 4.64. The number of aryl methyl sites for hydroxylation is 1. The fourth-order valence-corrected chi connectivity index (χ4v) is 3.33. The molecule has 1 aromatic heterocycles. The molecule has 1 heterocycles. The predicted molar refractivity (Wildman–Crippen MR) is 93.8 cm³/mol. The van der Waals surface area contributed by atoms with Crippen molar-refractivity contribution in [3.8, 4) is 0 Å². The highest BCUT2D eigenvalue weighted by Gasteiger charge is 2.58. The van der Waals surface area contributed by atoms with Crippen molar-refractivity contribution in [1.29, 1.82) is 0 Å². The smallest absolute Gasteiger partial charge is 0.315 e. The van der Waals surface area contributed by atoms with Crippen molar-refractivity contribution in [2.75, 3.05) is 27.7 Å². The minimum absolute atomic E-state index is 0.0862. The van der Waals surface area contributed by atoms with E-state index in [1.54, 1.807) is 11.8 Å². The lowest BCUT2D eigenvalue weighted by Gasteiger charge is -2.59. The average Bonchev–Trinajstić information content (AvgIpc) is 2.92. The molecule has 1 aromatic rings. The van der Waals surface area contributed by atoms with Gasteiger partial charge in [-0.1, -0.05) is 13.8 Å². The third kappa shape index (κ3) is 3.42. The summed E-state index contributed by atoms with van der Waals surface area (Å²) < 4.78 is 7.38. The lowest BCUT2D eigenvalue weighted by molar-refractivity contribution is -0.177. The molecule has 0 saturated heterocycles. The monoisotopic (exact) mass is 337 g/mol. The van der Waals surface area contributed by atoms with Crippen molar-refractivity contribution in [2.45, 2.75) is 44.9 Å². The Morgan fingerprint density at radius 1 is 1.50 bits per heavy atom. The second-order valence-electron chi connectivity index (χ2n) is 7.69. The summed E-state index contributed by atoms with van der Waals surface area (Å²) in [4.78, 5) is 14.4. The normalized spacial score (nSPS) is 26.8. The molecule has 2 rings (SSSR count). The molecule has 7 nitrogen and oxygen atoms in total. The Morgan fingerprint density at radius 3 is 2.62 bits per heavy atom. The molecule has 3 atom stereocenters. The first-order valence-electron chi connectivity index (χ1n) is 8.35. The highest BCUT2D eigenvalue weighted by atomic mass is 16.5. The zero-order valence-corrected chi connectivity index (χ0v) is 15.9. The van der Waals surface area contributed by atoms with Gasteiger partial charge in [0.1, 0.15) is 0 Å². The molecule has 0 unspecified atom stereocenters. The molecule has 1 saturated carbocycles. The molecule has 1 fully saturated rings. The maximum atomic E-state index is 12.3. The molecule has 1 aliphatic rings. The summed E-state index contributed by atoms with van der Waals surface area (Å²) in [6, 6.07) is 0.0590. The standard InChI is InChI=1S/C17H31N5O2/c1-16(2)14(8-17(16,3)24-7)20-15(23)18-10-13(21(4)5)12-9-19-22(6)11-12/h9,11,13-14H,8,10H2,1-7H3,(H2,18,20,23)/t13-,14+,17+/m0/s1. The summed E-state index contributed by atoms with van der Waals surface area (Å²) in [7, 11) is 7.61. The van der Waals surface area contributed by atoms with E-state index in [1.165, 1.54) is 0 Å². The van der Waals surface area contributed by atoms with Crippen molar-refractivity contribution in [1.82, 2.24) is 25.3 Å². The number of carbonyl (C=O) groups is 1. The number of ether oxygens (including phenoxy) is 1. The Labute approximate surface area is 144 Å². The quantitative estimate of drug-likeness (QED) is 0.826. The van der Waals surface area contributed by atoms with Gasteiger partial charge in [0, 0.05) is 43.9 Å². The second-order valence-corrected chi connectivity index (χ2v) is 7.69. The zero-order valence-electron chi connectivity index (χ0n) is 15.9. The Kier molecular flexibility index (Phi) is 5.25. The van der Waals surface area contributed by atoms with Gasteiger partial charge in [0.15, 0.2) is 0 Å². The van der Waals surface area contributed by atoms with E-state index in [0.29, 0.717) is 6.54 Å². The summed E-state index contributed by atoms with van der Waals surface area (Å²) in [6.45, 7) is 6.87. The average molecular weight is 337 g/mol. The van der Waals surface area contributed by atoms with Gasteiger partial charge in [-0.2, -0.15) is 5.10 Å². The summed E-state index contributed by atoms with van der Waals surface area (Å²) in [5.41, 5.74) is 0.801. The van der Waals surface area contributed by atoms with Crippen molar-refractivity contribution >= 4 is 6.03 Å². The number of rotatable bonds is 6. The van der Waals surface area contributed by atoms with Gasteiger partial charge in [-0.25, -0.2) is 4.79 Å². The molecule has 24 heavy (non-hydrogen) atoms. The van der Waals surface area contributed by atoms with Gasteiger partial charge >= 0.3 is 6.03 Å². The van der Waals surface area contributed by atoms with E-state index < -0.39 is 0 Å². The van der Waals surface area contributed by atoms with Gasteiger partial charge in [-0.3, -0.25) is 4.68 Å². The molecular weight excluding hydrogens is 306 g/mol. The van der Waals surface area contributed by atoms with Gasteiger partial charge in [-0.05, 0) is 27.4 Å². The Balaban J connectivity index is 1.89. The van der Waals surface area contributed by atoms with Crippen molar-refractivity contribution in [3.05, 3.63) is 18.0 Å². The van der Waals surface area contributed by atoms with Crippen LogP contribution < -0.4 is 10.6 Å². The number of amides is 2. The first-order chi connectivity index (χ1) is 11.1. The lowest BCUT2D eigenvalue weighted by Crippen LogP contribution is -2.69. The maximum Gasteiger partial charge on any atom is 0.315 e. The molecule has 0 aromatic carbocycles. The van der Waals surface area contributed by atoms with Gasteiger partial charge < -0.3 is 20.3 Å². The fraction of sp³-hybridized carbons (Fsp3) is 0.765. The highest BCUT2D eigenvalue weighted by Crippen LogP contribution is 2.51. The number of hydrogen-bond donors (Lipinski definition) is 2. The molecule has 0 bridgehead atoms. The van der Waals surface area contributed by atoms with E-state index in [-0.39, 0.29) is 29.1 Å². The molecule has 7 heteroatoms. The number of methoxy groups -OCH3 is 1. The van der Waals surface area contributed by atoms with Crippen LogP contribution in [0.2, 0.25) is 0 Å². The van der Waals surface area contributed by atoms with Gasteiger partial charge in [-0.15, -0.1) is 0 Å². The molecule has 136 valence electrons. The SMILES string of the molecule is CO[C@]1(C)C[C@@H](NC(=O)NC[C@@H](c2cnn(C)c2)N(C)C)C1(C)C. The molecular formula is C17H31N5O2. The minimum atomic E-state index is -0.188. The van der Waals surface area contributed by atoms with E-state index in [0.717, 1.165) is 12.0 Å². The molecule has 2 amide bonds. The zero-order chi connectivity index (χ0) is 18.1. The molecule has 0 spiro atoms. The third-order valence-corrected chi connectivity index (χ3v) is 5.77. The van der Waals surface area contributed by atoms with Crippen molar-refractivity contribution in [2.24, 2.45) is 12.5 Å². The maximum absolute atomic E-state index is 12.3. The number of aromatic nitrogens is 2. The van der Waals surface area contributed by atoms with E-state index in [2.05, 4.69) is 41.4 Å². The second kappa shape index (κ2) is 6.72. The van der Waals surface area contributed by atoms with Crippen molar-refractivity contribution in [3.63, 3.8) is 0 Å². The summed E-state index contributed by atoms with van der Waals surface area (Å²) in [5.74, 6) is 0. The first-order valence-corrected chi connectivity index (χ1v) is 8.35. The fourth-order valence-electron chi connectivity index (χ4n) is 3.33. The third-order valence-electron chi connectivity index (χ3n) is 5.77. The number of likely N-dealkylation sites (N-methyl/N-ethyl adjacent to an activating group) is 1. The van der Waals surface area contributed by atoms with Gasteiger partial charge in [0.05, 0.1) is 17.8 Å². The molecule has 1 aliphatic carbocycles. The minimum Gasteiger partial charge on any atom is -0.378 e. The number of urea groups is 1. The number of nitrogens with one attached hydrogen (secondary N) is 2. The van der Waals surface area contributed by atoms with E-state index >= 15 is 0 Å². The van der Waals surface area contributed by atoms with E-state index in [9.17, 15) is 4.79 Å². The van der Waals surface area contributed by atoms with Crippen LogP contribution in [-0.4, -0.2) is 60.1 Å². The number of nitrogens with zero attached hydrogens (tertiary/aromatic N) is 3. The van der Waals surface area contributed by atoms with Crippen LogP contribution in [0.3, 0.4) is 0 Å². The topological polar surface area (TPSA) is 71.4 Å². The van der Waals surface area contributed by atoms with Crippen LogP contribution in [0.25, 0.3) is 0 Å². The largest absolute Gasteiger partial charge is 0.378 e. The van der Waals surface area contributed by atoms with Crippen LogP contribution in [0.15, 0.2) is 12.4 Å². The molecule has 0 radical (unpaired) electrons. The number of carbonyl (C=O) groups excluding carboxylic acids is 1. The van der Waals surface area contributed by atoms with E-state index in [4.69, 9.17) is 4.74 Å². The van der Waals surface area contributed by atoms with E-state index in [1.807, 2.05) is 33.5 Å². The Bertz CT molecular complexity index is 583. The predicted octanol–water partition coefficient (Wildman–Crippen LogP) is 1.53. The Morgan fingerprint density at radius 2 is 2.17 bits per heavy atom. The van der Waals surface area contributed by atoms with Crippen molar-refractivity contribution < 1.29 is 9.53 Å². The highest BCUT2D eigenvalue weighted by molar-refractivity contribution is 5.74. The molecule has 2 N–H and O–H groups in total. The van der Waals surface area contributed by atoms with Crippen LogP contribution in [0.1, 0.15) is 38.8 Å². The number of hydrogen-bond acceptors (Lipinski definition) is 4. The van der Waals surface area contributed by atoms with Crippen LogP contribution in [0.4, 0.5) is 4.79 Å². The van der Waals surface area contributed by atoms with Crippen LogP contribution in [0, 0.1) is 5.41 Å². The lowest BCUT2D eigenvalue weighted by atomic mass is 9.56. The van der Waals surface area contributed by atoms with Crippen LogP contribution in [-0.2, 0) is 11.8 Å². The first kappa shape index (κ1) is 18.7. The van der Waals surface area contributed by atoms with Gasteiger partial charge in [0.25, 0.3) is 0 Å². The molecule has 0 aliphatic heterocycles. The van der Waals surface area contributed by atoms with Gasteiger partial charge in [0.2, 0.25) is 0 Å².